The van der Waals surface area contributed by atoms with Gasteiger partial charge in [0.1, 0.15) is 6.61 Å². The average Bonchev–Trinajstić information content (AvgIpc) is 2.75. The number of imide groups is 1. The molecule has 0 atom stereocenters. The second kappa shape index (κ2) is 6.29. The van der Waals surface area contributed by atoms with Gasteiger partial charge in [0, 0.05) is 0 Å². The first kappa shape index (κ1) is 14.2. The lowest BCUT2D eigenvalue weighted by atomic mass is 10.2. The van der Waals surface area contributed by atoms with Crippen LogP contribution in [-0.4, -0.2) is 24.9 Å². The summed E-state index contributed by atoms with van der Waals surface area (Å²) in [5.41, 5.74) is 0.750. The highest BCUT2D eigenvalue weighted by Gasteiger charge is 2.25. The average molecular weight is 291 g/mol. The zero-order valence-electron chi connectivity index (χ0n) is 10.8. The van der Waals surface area contributed by atoms with Crippen molar-refractivity contribution in [3.63, 3.8) is 0 Å². The summed E-state index contributed by atoms with van der Waals surface area (Å²) in [7, 11) is 1.54. The van der Waals surface area contributed by atoms with E-state index < -0.39 is 0 Å². The number of rotatable bonds is 5. The van der Waals surface area contributed by atoms with Gasteiger partial charge >= 0.3 is 0 Å². The van der Waals surface area contributed by atoms with E-state index in [0.29, 0.717) is 23.0 Å². The molecule has 6 heteroatoms. The second-order valence-corrected chi connectivity index (χ2v) is 4.88. The van der Waals surface area contributed by atoms with Crippen LogP contribution < -0.4 is 14.8 Å². The van der Waals surface area contributed by atoms with Crippen molar-refractivity contribution in [2.45, 2.75) is 0 Å². The van der Waals surface area contributed by atoms with Crippen molar-refractivity contribution >= 4 is 29.0 Å². The van der Waals surface area contributed by atoms with Crippen molar-refractivity contribution in [3.05, 3.63) is 41.3 Å². The molecule has 1 fully saturated rings. The molecule has 104 valence electrons. The molecule has 2 amide bonds. The van der Waals surface area contributed by atoms with Crippen LogP contribution in [0.2, 0.25) is 0 Å². The van der Waals surface area contributed by atoms with E-state index in [-0.39, 0.29) is 11.1 Å². The van der Waals surface area contributed by atoms with E-state index in [2.05, 4.69) is 11.9 Å². The van der Waals surface area contributed by atoms with Crippen LogP contribution in [0.25, 0.3) is 6.08 Å². The van der Waals surface area contributed by atoms with Gasteiger partial charge in [-0.15, -0.1) is 0 Å². The number of hydrogen-bond donors (Lipinski definition) is 1. The van der Waals surface area contributed by atoms with Crippen LogP contribution in [0, 0.1) is 0 Å². The molecule has 20 heavy (non-hydrogen) atoms. The molecule has 0 spiro atoms. The monoisotopic (exact) mass is 291 g/mol. The van der Waals surface area contributed by atoms with Gasteiger partial charge in [-0.1, -0.05) is 18.7 Å². The van der Waals surface area contributed by atoms with Gasteiger partial charge in [-0.05, 0) is 35.5 Å². The molecule has 0 aliphatic carbocycles. The maximum atomic E-state index is 11.5. The molecule has 1 saturated heterocycles. The minimum Gasteiger partial charge on any atom is -0.493 e. The molecule has 0 saturated carbocycles. The third kappa shape index (κ3) is 3.21. The van der Waals surface area contributed by atoms with Gasteiger partial charge in [0.2, 0.25) is 0 Å². The van der Waals surface area contributed by atoms with Crippen LogP contribution in [0.5, 0.6) is 11.5 Å². The summed E-state index contributed by atoms with van der Waals surface area (Å²) in [4.78, 5) is 22.9. The Morgan fingerprint density at radius 3 is 2.75 bits per heavy atom. The lowest BCUT2D eigenvalue weighted by Gasteiger charge is -2.09. The SMILES string of the molecule is C=CCOc1ccc(/C=C2\SC(=O)NC2=O)cc1OC. The fourth-order valence-corrected chi connectivity index (χ4v) is 2.30. The number of ether oxygens (including phenoxy) is 2. The van der Waals surface area contributed by atoms with E-state index in [1.807, 2.05) is 0 Å². The minimum absolute atomic E-state index is 0.358. The number of carbonyl (C=O) groups is 2. The van der Waals surface area contributed by atoms with Crippen molar-refractivity contribution in [2.75, 3.05) is 13.7 Å². The summed E-state index contributed by atoms with van der Waals surface area (Å²) in [5, 5.41) is 1.84. The molecule has 1 N–H and O–H groups in total. The molecule has 0 bridgehead atoms. The van der Waals surface area contributed by atoms with E-state index in [0.717, 1.165) is 17.3 Å². The Kier molecular flexibility index (Phi) is 4.47. The van der Waals surface area contributed by atoms with E-state index in [1.165, 1.54) is 7.11 Å². The molecule has 0 unspecified atom stereocenters. The quantitative estimate of drug-likeness (QED) is 0.667. The molecule has 1 aromatic carbocycles. The first-order valence-electron chi connectivity index (χ1n) is 5.80. The number of thioether (sulfide) groups is 1. The Balaban J connectivity index is 2.25. The molecular weight excluding hydrogens is 278 g/mol. The van der Waals surface area contributed by atoms with Gasteiger partial charge in [0.05, 0.1) is 12.0 Å². The molecule has 1 aliphatic rings. The number of hydrogen-bond acceptors (Lipinski definition) is 5. The standard InChI is InChI=1S/C14H13NO4S/c1-3-6-19-10-5-4-9(7-11(10)18-2)8-12-13(16)15-14(17)20-12/h3-5,7-8H,1,6H2,2H3,(H,15,16,17)/b12-8-. The number of methoxy groups -OCH3 is 1. The van der Waals surface area contributed by atoms with Crippen molar-refractivity contribution in [1.29, 1.82) is 0 Å². The van der Waals surface area contributed by atoms with Gasteiger partial charge in [0.15, 0.2) is 11.5 Å². The van der Waals surface area contributed by atoms with Crippen LogP contribution in [0.1, 0.15) is 5.56 Å². The van der Waals surface area contributed by atoms with E-state index >= 15 is 0 Å². The van der Waals surface area contributed by atoms with Crippen molar-refractivity contribution in [2.24, 2.45) is 0 Å². The van der Waals surface area contributed by atoms with Crippen molar-refractivity contribution in [1.82, 2.24) is 5.32 Å². The fraction of sp³-hybridized carbons (Fsp3) is 0.143. The third-order valence-electron chi connectivity index (χ3n) is 2.48. The summed E-state index contributed by atoms with van der Waals surface area (Å²) in [6, 6.07) is 5.26. The van der Waals surface area contributed by atoms with E-state index in [9.17, 15) is 9.59 Å². The smallest absolute Gasteiger partial charge is 0.290 e. The zero-order chi connectivity index (χ0) is 14.5. The summed E-state index contributed by atoms with van der Waals surface area (Å²) < 4.78 is 10.7. The van der Waals surface area contributed by atoms with E-state index in [1.54, 1.807) is 30.4 Å². The Bertz CT molecular complexity index is 595. The van der Waals surface area contributed by atoms with Crippen molar-refractivity contribution in [3.8, 4) is 11.5 Å². The molecule has 1 heterocycles. The van der Waals surface area contributed by atoms with E-state index in [4.69, 9.17) is 9.47 Å². The summed E-state index contributed by atoms with van der Waals surface area (Å²) >= 11 is 0.876. The predicted octanol–water partition coefficient (Wildman–Crippen LogP) is 2.58. The lowest BCUT2D eigenvalue weighted by molar-refractivity contribution is -0.115. The number of nitrogens with one attached hydrogen (secondary N) is 1. The third-order valence-corrected chi connectivity index (χ3v) is 3.29. The summed E-state index contributed by atoms with van der Waals surface area (Å²) in [5.74, 6) is 0.760. The zero-order valence-corrected chi connectivity index (χ0v) is 11.7. The highest BCUT2D eigenvalue weighted by atomic mass is 32.2. The van der Waals surface area contributed by atoms with Gasteiger partial charge in [-0.2, -0.15) is 0 Å². The van der Waals surface area contributed by atoms with Gasteiger partial charge < -0.3 is 9.47 Å². The first-order chi connectivity index (χ1) is 9.63. The predicted molar refractivity (Wildman–Crippen MR) is 77.8 cm³/mol. The molecule has 1 aromatic rings. The molecule has 5 nitrogen and oxygen atoms in total. The van der Waals surface area contributed by atoms with Crippen LogP contribution in [-0.2, 0) is 4.79 Å². The summed E-state index contributed by atoms with van der Waals surface area (Å²) in [6.07, 6.45) is 3.27. The molecular formula is C14H13NO4S. The normalized spacial score (nSPS) is 16.1. The molecule has 0 aromatic heterocycles. The van der Waals surface area contributed by atoms with Gasteiger partial charge in [0.25, 0.3) is 11.1 Å². The Hall–Kier alpha value is -2.21. The number of carbonyl (C=O) groups excluding carboxylic acids is 2. The van der Waals surface area contributed by atoms with Crippen LogP contribution >= 0.6 is 11.8 Å². The maximum Gasteiger partial charge on any atom is 0.290 e. The maximum absolute atomic E-state index is 11.5. The largest absolute Gasteiger partial charge is 0.493 e. The molecule has 0 radical (unpaired) electrons. The van der Waals surface area contributed by atoms with Crippen LogP contribution in [0.15, 0.2) is 35.8 Å². The summed E-state index contributed by atoms with van der Waals surface area (Å²) in [6.45, 7) is 3.96. The molecule has 2 rings (SSSR count). The minimum atomic E-state index is -0.383. The van der Waals surface area contributed by atoms with Gasteiger partial charge in [-0.3, -0.25) is 14.9 Å². The highest BCUT2D eigenvalue weighted by molar-refractivity contribution is 8.18. The van der Waals surface area contributed by atoms with Crippen LogP contribution in [0.4, 0.5) is 4.79 Å². The number of benzene rings is 1. The Labute approximate surface area is 120 Å². The molecule has 1 aliphatic heterocycles. The van der Waals surface area contributed by atoms with Gasteiger partial charge in [-0.25, -0.2) is 0 Å². The number of amides is 2. The Morgan fingerprint density at radius 1 is 1.35 bits per heavy atom. The lowest BCUT2D eigenvalue weighted by Crippen LogP contribution is -2.17. The Morgan fingerprint density at radius 2 is 2.15 bits per heavy atom. The van der Waals surface area contributed by atoms with Crippen LogP contribution in [0.3, 0.4) is 0 Å². The topological polar surface area (TPSA) is 64.6 Å². The fourth-order valence-electron chi connectivity index (χ4n) is 1.61. The van der Waals surface area contributed by atoms with Crippen molar-refractivity contribution < 1.29 is 19.1 Å². The first-order valence-corrected chi connectivity index (χ1v) is 6.62. The second-order valence-electron chi connectivity index (χ2n) is 3.86. The highest BCUT2D eigenvalue weighted by Crippen LogP contribution is 2.31.